The van der Waals surface area contributed by atoms with Crippen molar-refractivity contribution in [3.8, 4) is 0 Å². The van der Waals surface area contributed by atoms with Gasteiger partial charge in [0.2, 0.25) is 0 Å². The first-order valence-corrected chi connectivity index (χ1v) is 7.02. The molecule has 2 aromatic rings. The molecule has 2 nitrogen and oxygen atoms in total. The molecule has 1 aromatic carbocycles. The minimum absolute atomic E-state index is 0.224. The van der Waals surface area contributed by atoms with Crippen molar-refractivity contribution in [1.82, 2.24) is 4.98 Å². The van der Waals surface area contributed by atoms with Gasteiger partial charge in [-0.15, -0.1) is 11.3 Å². The summed E-state index contributed by atoms with van der Waals surface area (Å²) in [5, 5.41) is 2.80. The van der Waals surface area contributed by atoms with E-state index in [1.54, 1.807) is 6.20 Å². The molecule has 0 spiro atoms. The van der Waals surface area contributed by atoms with Crippen LogP contribution in [0, 0.1) is 0 Å². The van der Waals surface area contributed by atoms with Crippen molar-refractivity contribution in [1.29, 1.82) is 0 Å². The van der Waals surface area contributed by atoms with Crippen LogP contribution in [0.5, 0.6) is 0 Å². The Morgan fingerprint density at radius 3 is 2.50 bits per heavy atom. The molecule has 0 saturated heterocycles. The third-order valence-electron chi connectivity index (χ3n) is 2.88. The van der Waals surface area contributed by atoms with E-state index in [1.165, 1.54) is 16.9 Å². The summed E-state index contributed by atoms with van der Waals surface area (Å²) in [6.45, 7) is 4.34. The second kappa shape index (κ2) is 5.91. The number of Topliss-reactive ketones (excluding diaryl/α,β-unsaturated/α-hetero) is 1. The molecule has 94 valence electrons. The molecule has 1 aromatic heterocycles. The molecule has 0 saturated carbocycles. The van der Waals surface area contributed by atoms with Crippen LogP contribution in [0.1, 0.15) is 35.9 Å². The molecule has 0 aliphatic heterocycles. The molecule has 3 heteroatoms. The monoisotopic (exact) mass is 259 g/mol. The molecule has 0 unspecified atom stereocenters. The van der Waals surface area contributed by atoms with Gasteiger partial charge in [0.05, 0.1) is 11.4 Å². The maximum atomic E-state index is 11.9. The topological polar surface area (TPSA) is 30.0 Å². The number of carbonyl (C=O) groups is 1. The van der Waals surface area contributed by atoms with Crippen LogP contribution in [-0.4, -0.2) is 10.8 Å². The molecule has 0 amide bonds. The molecule has 0 atom stereocenters. The van der Waals surface area contributed by atoms with Crippen molar-refractivity contribution in [3.05, 3.63) is 52.0 Å². The number of aromatic nitrogens is 1. The molecule has 0 aliphatic rings. The van der Waals surface area contributed by atoms with Gasteiger partial charge in [-0.1, -0.05) is 38.1 Å². The van der Waals surface area contributed by atoms with Gasteiger partial charge in [-0.3, -0.25) is 4.79 Å². The fourth-order valence-electron chi connectivity index (χ4n) is 1.82. The average Bonchev–Trinajstić information content (AvgIpc) is 2.82. The second-order valence-corrected chi connectivity index (χ2v) is 5.69. The summed E-state index contributed by atoms with van der Waals surface area (Å²) in [4.78, 5) is 16.0. The summed E-state index contributed by atoms with van der Waals surface area (Å²) in [7, 11) is 0. The van der Waals surface area contributed by atoms with Crippen LogP contribution in [0.25, 0.3) is 0 Å². The third kappa shape index (κ3) is 3.50. The van der Waals surface area contributed by atoms with Crippen LogP contribution in [0.15, 0.2) is 35.8 Å². The third-order valence-corrected chi connectivity index (χ3v) is 3.66. The minimum atomic E-state index is 0.224. The molecule has 0 fully saturated rings. The van der Waals surface area contributed by atoms with E-state index in [0.717, 1.165) is 10.6 Å². The van der Waals surface area contributed by atoms with E-state index in [9.17, 15) is 4.79 Å². The quantitative estimate of drug-likeness (QED) is 0.821. The lowest BCUT2D eigenvalue weighted by Crippen LogP contribution is -2.06. The Bertz CT molecular complexity index is 500. The summed E-state index contributed by atoms with van der Waals surface area (Å²) in [6.07, 6.45) is 2.69. The maximum Gasteiger partial charge on any atom is 0.144 e. The lowest BCUT2D eigenvalue weighted by molar-refractivity contribution is -0.117. The number of hydrogen-bond acceptors (Lipinski definition) is 3. The molecule has 0 radical (unpaired) electrons. The minimum Gasteiger partial charge on any atom is -0.299 e. The number of rotatable bonds is 5. The van der Waals surface area contributed by atoms with Crippen molar-refractivity contribution in [3.63, 3.8) is 0 Å². The average molecular weight is 259 g/mol. The Morgan fingerprint density at radius 2 is 1.94 bits per heavy atom. The Labute approximate surface area is 112 Å². The largest absolute Gasteiger partial charge is 0.299 e. The van der Waals surface area contributed by atoms with Crippen LogP contribution in [0.3, 0.4) is 0 Å². The fourth-order valence-corrected chi connectivity index (χ4v) is 2.46. The molecule has 18 heavy (non-hydrogen) atoms. The molecule has 0 aliphatic carbocycles. The number of carbonyl (C=O) groups excluding carboxylic acids is 1. The van der Waals surface area contributed by atoms with Gasteiger partial charge >= 0.3 is 0 Å². The highest BCUT2D eigenvalue weighted by atomic mass is 32.1. The van der Waals surface area contributed by atoms with Crippen LogP contribution in [-0.2, 0) is 17.6 Å². The van der Waals surface area contributed by atoms with Crippen LogP contribution < -0.4 is 0 Å². The number of hydrogen-bond donors (Lipinski definition) is 0. The lowest BCUT2D eigenvalue weighted by atomic mass is 9.99. The summed E-state index contributed by atoms with van der Waals surface area (Å²) in [6, 6.07) is 8.32. The van der Waals surface area contributed by atoms with Crippen molar-refractivity contribution < 1.29 is 4.79 Å². The Balaban J connectivity index is 1.95. The van der Waals surface area contributed by atoms with Crippen LogP contribution >= 0.6 is 11.3 Å². The molecule has 1 heterocycles. The zero-order chi connectivity index (χ0) is 13.0. The van der Waals surface area contributed by atoms with E-state index in [2.05, 4.69) is 43.1 Å². The molecule has 0 bridgehead atoms. The van der Waals surface area contributed by atoms with E-state index in [1.807, 2.05) is 5.38 Å². The smallest absolute Gasteiger partial charge is 0.144 e. The number of ketones is 1. The highest BCUT2D eigenvalue weighted by molar-refractivity contribution is 7.09. The van der Waals surface area contributed by atoms with E-state index in [0.29, 0.717) is 18.8 Å². The van der Waals surface area contributed by atoms with Crippen molar-refractivity contribution in [2.24, 2.45) is 0 Å². The predicted molar refractivity (Wildman–Crippen MR) is 75.1 cm³/mol. The first-order valence-electron chi connectivity index (χ1n) is 6.14. The lowest BCUT2D eigenvalue weighted by Gasteiger charge is -2.06. The predicted octanol–water partition coefficient (Wildman–Crippen LogP) is 3.62. The zero-order valence-electron chi connectivity index (χ0n) is 10.7. The number of nitrogens with zero attached hydrogens (tertiary/aromatic N) is 1. The highest BCUT2D eigenvalue weighted by Gasteiger charge is 2.07. The van der Waals surface area contributed by atoms with Gasteiger partial charge in [0.25, 0.3) is 0 Å². The first kappa shape index (κ1) is 13.0. The number of thiazole rings is 1. The van der Waals surface area contributed by atoms with E-state index < -0.39 is 0 Å². The van der Waals surface area contributed by atoms with Gasteiger partial charge in [0.15, 0.2) is 0 Å². The Hall–Kier alpha value is -1.48. The van der Waals surface area contributed by atoms with Gasteiger partial charge < -0.3 is 0 Å². The standard InChI is InChI=1S/C15H17NOS/c1-11(2)13-5-3-12(4-6-13)9-14(17)10-15-16-7-8-18-15/h3-8,11H,9-10H2,1-2H3. The van der Waals surface area contributed by atoms with Gasteiger partial charge in [-0.25, -0.2) is 4.98 Å². The van der Waals surface area contributed by atoms with Gasteiger partial charge in [-0.2, -0.15) is 0 Å². The van der Waals surface area contributed by atoms with E-state index in [4.69, 9.17) is 0 Å². The van der Waals surface area contributed by atoms with E-state index in [-0.39, 0.29) is 5.78 Å². The van der Waals surface area contributed by atoms with Crippen LogP contribution in [0.4, 0.5) is 0 Å². The van der Waals surface area contributed by atoms with Gasteiger partial charge in [0.1, 0.15) is 5.78 Å². The van der Waals surface area contributed by atoms with Crippen molar-refractivity contribution in [2.75, 3.05) is 0 Å². The number of benzene rings is 1. The van der Waals surface area contributed by atoms with E-state index >= 15 is 0 Å². The second-order valence-electron chi connectivity index (χ2n) is 4.71. The Kier molecular flexibility index (Phi) is 4.26. The first-order chi connectivity index (χ1) is 8.65. The van der Waals surface area contributed by atoms with Gasteiger partial charge in [-0.05, 0) is 17.0 Å². The summed E-state index contributed by atoms with van der Waals surface area (Å²) in [5.41, 5.74) is 2.40. The molecule has 2 rings (SSSR count). The van der Waals surface area contributed by atoms with Crippen molar-refractivity contribution >= 4 is 17.1 Å². The molecular weight excluding hydrogens is 242 g/mol. The highest BCUT2D eigenvalue weighted by Crippen LogP contribution is 2.15. The van der Waals surface area contributed by atoms with Crippen LogP contribution in [0.2, 0.25) is 0 Å². The normalized spacial score (nSPS) is 10.8. The van der Waals surface area contributed by atoms with Crippen molar-refractivity contribution in [2.45, 2.75) is 32.6 Å². The van der Waals surface area contributed by atoms with Gasteiger partial charge in [0, 0.05) is 18.0 Å². The molecular formula is C15H17NOS. The zero-order valence-corrected chi connectivity index (χ0v) is 11.5. The summed E-state index contributed by atoms with van der Waals surface area (Å²) in [5.74, 6) is 0.757. The Morgan fingerprint density at radius 1 is 1.22 bits per heavy atom. The SMILES string of the molecule is CC(C)c1ccc(CC(=O)Cc2nccs2)cc1. The summed E-state index contributed by atoms with van der Waals surface area (Å²) >= 11 is 1.54. The fraction of sp³-hybridized carbons (Fsp3) is 0.333. The maximum absolute atomic E-state index is 11.9. The summed E-state index contributed by atoms with van der Waals surface area (Å²) < 4.78 is 0. The molecule has 0 N–H and O–H groups in total.